The van der Waals surface area contributed by atoms with Crippen LogP contribution >= 0.6 is 11.6 Å². The molecule has 4 nitrogen and oxygen atoms in total. The second-order valence-corrected chi connectivity index (χ2v) is 6.86. The molecule has 1 fully saturated rings. The Balaban J connectivity index is 2.50. The highest BCUT2D eigenvalue weighted by molar-refractivity contribution is 7.92. The Morgan fingerprint density at radius 2 is 2.00 bits per heavy atom. The van der Waals surface area contributed by atoms with Crippen LogP contribution in [0.5, 0.6) is 0 Å². The molecule has 17 heavy (non-hydrogen) atoms. The number of hydrogen-bond donors (Lipinski definition) is 1. The summed E-state index contributed by atoms with van der Waals surface area (Å²) in [5, 5.41) is 0.621. The molecule has 0 atom stereocenters. The van der Waals surface area contributed by atoms with Gasteiger partial charge < -0.3 is 5.73 Å². The number of rotatable bonds is 3. The van der Waals surface area contributed by atoms with Crippen LogP contribution in [0.15, 0.2) is 12.1 Å². The largest absolute Gasteiger partial charge is 0.397 e. The van der Waals surface area contributed by atoms with E-state index < -0.39 is 10.0 Å². The minimum atomic E-state index is -3.30. The molecule has 0 bridgehead atoms. The first-order valence-corrected chi connectivity index (χ1v) is 7.56. The number of nitrogens with zero attached hydrogens (tertiary/aromatic N) is 1. The molecule has 1 saturated carbocycles. The zero-order chi connectivity index (χ0) is 12.8. The van der Waals surface area contributed by atoms with E-state index in [0.29, 0.717) is 22.3 Å². The van der Waals surface area contributed by atoms with Crippen molar-refractivity contribution in [3.63, 3.8) is 0 Å². The second kappa shape index (κ2) is 4.07. The zero-order valence-corrected chi connectivity index (χ0v) is 11.3. The Morgan fingerprint density at radius 1 is 1.41 bits per heavy atom. The average molecular weight is 275 g/mol. The Bertz CT molecular complexity index is 553. The third-order valence-electron chi connectivity index (χ3n) is 3.00. The minimum Gasteiger partial charge on any atom is -0.397 e. The van der Waals surface area contributed by atoms with Gasteiger partial charge in [-0.3, -0.25) is 4.31 Å². The van der Waals surface area contributed by atoms with Gasteiger partial charge in [0, 0.05) is 12.1 Å². The predicted octanol–water partition coefficient (Wildman–Crippen LogP) is 2.20. The molecular formula is C11H15ClN2O2S. The van der Waals surface area contributed by atoms with Gasteiger partial charge in [0.15, 0.2) is 0 Å². The molecule has 0 unspecified atom stereocenters. The number of halogens is 1. The summed E-state index contributed by atoms with van der Waals surface area (Å²) in [5.41, 5.74) is 7.69. The first kappa shape index (κ1) is 12.5. The fraction of sp³-hybridized carbons (Fsp3) is 0.455. The average Bonchev–Trinajstić information content (AvgIpc) is 2.99. The quantitative estimate of drug-likeness (QED) is 0.860. The maximum atomic E-state index is 11.5. The van der Waals surface area contributed by atoms with Gasteiger partial charge in [-0.15, -0.1) is 0 Å². The summed E-state index contributed by atoms with van der Waals surface area (Å²) in [6, 6.07) is 3.42. The Kier molecular flexibility index (Phi) is 2.99. The van der Waals surface area contributed by atoms with Crippen molar-refractivity contribution in [3.8, 4) is 0 Å². The SMILES string of the molecule is CN(c1cc(C2CC2)c(Cl)cc1N)S(C)(=O)=O. The van der Waals surface area contributed by atoms with Crippen molar-refractivity contribution in [2.24, 2.45) is 0 Å². The molecule has 1 aliphatic rings. The van der Waals surface area contributed by atoms with Crippen molar-refractivity contribution < 1.29 is 8.42 Å². The van der Waals surface area contributed by atoms with Gasteiger partial charge in [0.1, 0.15) is 0 Å². The lowest BCUT2D eigenvalue weighted by Gasteiger charge is -2.20. The lowest BCUT2D eigenvalue weighted by atomic mass is 10.1. The van der Waals surface area contributed by atoms with Gasteiger partial charge >= 0.3 is 0 Å². The molecule has 0 spiro atoms. The summed E-state index contributed by atoms with van der Waals surface area (Å²) in [5.74, 6) is 0.454. The minimum absolute atomic E-state index is 0.382. The van der Waals surface area contributed by atoms with Crippen LogP contribution in [0.4, 0.5) is 11.4 Å². The van der Waals surface area contributed by atoms with Crippen molar-refractivity contribution in [3.05, 3.63) is 22.7 Å². The van der Waals surface area contributed by atoms with Crippen molar-refractivity contribution in [1.82, 2.24) is 0 Å². The summed E-state index contributed by atoms with van der Waals surface area (Å²) in [6.45, 7) is 0. The third-order valence-corrected chi connectivity index (χ3v) is 4.52. The van der Waals surface area contributed by atoms with Crippen LogP contribution in [0.1, 0.15) is 24.3 Å². The van der Waals surface area contributed by atoms with Gasteiger partial charge in [-0.1, -0.05) is 11.6 Å². The van der Waals surface area contributed by atoms with Crippen LogP contribution in [0, 0.1) is 0 Å². The molecule has 0 amide bonds. The van der Waals surface area contributed by atoms with Gasteiger partial charge in [-0.05, 0) is 36.5 Å². The molecule has 0 aliphatic heterocycles. The molecule has 94 valence electrons. The summed E-state index contributed by atoms with van der Waals surface area (Å²) in [6.07, 6.45) is 3.36. The van der Waals surface area contributed by atoms with Gasteiger partial charge in [0.05, 0.1) is 17.6 Å². The van der Waals surface area contributed by atoms with E-state index in [-0.39, 0.29) is 0 Å². The standard InChI is InChI=1S/C11H15ClN2O2S/c1-14(17(2,15)16)11-5-8(7-3-4-7)9(12)6-10(11)13/h5-7H,3-4,13H2,1-2H3. The molecule has 0 radical (unpaired) electrons. The molecule has 0 saturated heterocycles. The molecule has 2 N–H and O–H groups in total. The number of hydrogen-bond acceptors (Lipinski definition) is 3. The van der Waals surface area contributed by atoms with E-state index in [1.54, 1.807) is 12.1 Å². The number of benzene rings is 1. The van der Waals surface area contributed by atoms with E-state index >= 15 is 0 Å². The Hall–Kier alpha value is -0.940. The summed E-state index contributed by atoms with van der Waals surface area (Å²) >= 11 is 6.11. The lowest BCUT2D eigenvalue weighted by Crippen LogP contribution is -2.25. The lowest BCUT2D eigenvalue weighted by molar-refractivity contribution is 0.600. The van der Waals surface area contributed by atoms with Gasteiger partial charge in [0.25, 0.3) is 0 Å². The molecule has 0 heterocycles. The first-order valence-electron chi connectivity index (χ1n) is 5.33. The fourth-order valence-electron chi connectivity index (χ4n) is 1.75. The highest BCUT2D eigenvalue weighted by atomic mass is 35.5. The normalized spacial score (nSPS) is 15.9. The molecule has 1 aromatic rings. The van der Waals surface area contributed by atoms with Gasteiger partial charge in [-0.25, -0.2) is 8.42 Å². The Labute approximate surface area is 106 Å². The first-order chi connectivity index (χ1) is 7.80. The monoisotopic (exact) mass is 274 g/mol. The molecule has 2 rings (SSSR count). The number of nitrogens with two attached hydrogens (primary N) is 1. The van der Waals surface area contributed by atoms with E-state index in [4.69, 9.17) is 17.3 Å². The third kappa shape index (κ3) is 2.50. The molecular weight excluding hydrogens is 260 g/mol. The van der Waals surface area contributed by atoms with E-state index in [2.05, 4.69) is 0 Å². The van der Waals surface area contributed by atoms with Crippen molar-refractivity contribution in [1.29, 1.82) is 0 Å². The van der Waals surface area contributed by atoms with Crippen LogP contribution in [0.3, 0.4) is 0 Å². The van der Waals surface area contributed by atoms with Crippen LogP contribution < -0.4 is 10.0 Å². The number of nitrogen functional groups attached to an aromatic ring is 1. The number of sulfonamides is 1. The molecule has 1 aromatic carbocycles. The number of anilines is 2. The molecule has 1 aliphatic carbocycles. The van der Waals surface area contributed by atoms with E-state index in [0.717, 1.165) is 24.7 Å². The van der Waals surface area contributed by atoms with E-state index in [1.807, 2.05) is 0 Å². The van der Waals surface area contributed by atoms with Crippen LogP contribution in [-0.2, 0) is 10.0 Å². The summed E-state index contributed by atoms with van der Waals surface area (Å²) in [4.78, 5) is 0. The van der Waals surface area contributed by atoms with E-state index in [9.17, 15) is 8.42 Å². The highest BCUT2D eigenvalue weighted by Gasteiger charge is 2.27. The maximum Gasteiger partial charge on any atom is 0.232 e. The van der Waals surface area contributed by atoms with Crippen molar-refractivity contribution in [2.75, 3.05) is 23.3 Å². The summed E-state index contributed by atoms with van der Waals surface area (Å²) in [7, 11) is -1.81. The highest BCUT2D eigenvalue weighted by Crippen LogP contribution is 2.45. The fourth-order valence-corrected chi connectivity index (χ4v) is 2.59. The van der Waals surface area contributed by atoms with Gasteiger partial charge in [0.2, 0.25) is 10.0 Å². The van der Waals surface area contributed by atoms with Crippen LogP contribution in [0.25, 0.3) is 0 Å². The summed E-state index contributed by atoms with van der Waals surface area (Å²) < 4.78 is 24.2. The van der Waals surface area contributed by atoms with Crippen LogP contribution in [0.2, 0.25) is 5.02 Å². The maximum absolute atomic E-state index is 11.5. The van der Waals surface area contributed by atoms with E-state index in [1.165, 1.54) is 11.4 Å². The Morgan fingerprint density at radius 3 is 2.47 bits per heavy atom. The zero-order valence-electron chi connectivity index (χ0n) is 9.77. The molecule has 0 aromatic heterocycles. The molecule has 6 heteroatoms. The van der Waals surface area contributed by atoms with Gasteiger partial charge in [-0.2, -0.15) is 0 Å². The second-order valence-electron chi connectivity index (χ2n) is 4.44. The van der Waals surface area contributed by atoms with Crippen molar-refractivity contribution >= 4 is 33.0 Å². The topological polar surface area (TPSA) is 63.4 Å². The van der Waals surface area contributed by atoms with Crippen LogP contribution in [-0.4, -0.2) is 21.7 Å². The predicted molar refractivity (Wildman–Crippen MR) is 71.1 cm³/mol. The van der Waals surface area contributed by atoms with Crippen molar-refractivity contribution in [2.45, 2.75) is 18.8 Å². The smallest absolute Gasteiger partial charge is 0.232 e.